The van der Waals surface area contributed by atoms with Crippen molar-refractivity contribution in [3.8, 4) is 0 Å². The molecule has 10 heteroatoms. The number of hydrogen-bond acceptors (Lipinski definition) is 5. The zero-order valence-electron chi connectivity index (χ0n) is 12.8. The molecule has 0 radical (unpaired) electrons. The number of hydrogen-bond donors (Lipinski definition) is 0. The lowest BCUT2D eigenvalue weighted by Gasteiger charge is -2.34. The monoisotopic (exact) mass is 362 g/mol. The zero-order valence-corrected chi connectivity index (χ0v) is 14.4. The summed E-state index contributed by atoms with van der Waals surface area (Å²) in [6.07, 6.45) is 2.62. The van der Waals surface area contributed by atoms with Gasteiger partial charge in [-0.1, -0.05) is 11.6 Å². The first-order chi connectivity index (χ1) is 10.9. The maximum Gasteiger partial charge on any atom is 0.263 e. The molecule has 0 saturated carbocycles. The number of aryl methyl sites for hydroxylation is 1. The molecule has 0 bridgehead atoms. The normalized spacial score (nSPS) is 23.4. The van der Waals surface area contributed by atoms with Gasteiger partial charge in [-0.05, 0) is 12.8 Å². The number of halogens is 1. The van der Waals surface area contributed by atoms with Crippen molar-refractivity contribution in [2.45, 2.75) is 24.0 Å². The van der Waals surface area contributed by atoms with Crippen LogP contribution in [0, 0.1) is 0 Å². The van der Waals surface area contributed by atoms with E-state index >= 15 is 0 Å². The van der Waals surface area contributed by atoms with Crippen LogP contribution in [-0.2, 0) is 26.6 Å². The van der Waals surface area contributed by atoms with E-state index in [1.54, 1.807) is 11.9 Å². The van der Waals surface area contributed by atoms with Crippen LogP contribution in [0.3, 0.4) is 0 Å². The third kappa shape index (κ3) is 3.10. The second-order valence-corrected chi connectivity index (χ2v) is 7.89. The van der Waals surface area contributed by atoms with Gasteiger partial charge in [0.1, 0.15) is 11.3 Å². The Kier molecular flexibility index (Phi) is 4.63. The fraction of sp³-hybridized carbons (Fsp3) is 0.692. The van der Waals surface area contributed by atoms with Gasteiger partial charge in [0.15, 0.2) is 0 Å². The van der Waals surface area contributed by atoms with Crippen LogP contribution in [0.15, 0.2) is 11.4 Å². The summed E-state index contributed by atoms with van der Waals surface area (Å²) in [5, 5.41) is -0.0524. The number of imidazole rings is 1. The van der Waals surface area contributed by atoms with Gasteiger partial charge in [-0.2, -0.15) is 4.31 Å². The number of carbonyl (C=O) groups is 1. The number of rotatable bonds is 3. The van der Waals surface area contributed by atoms with Gasteiger partial charge in [-0.15, -0.1) is 0 Å². The highest BCUT2D eigenvalue weighted by Crippen LogP contribution is 2.24. The molecule has 8 nitrogen and oxygen atoms in total. The largest absolute Gasteiger partial charge is 0.368 e. The average Bonchev–Trinajstić information content (AvgIpc) is 3.18. The van der Waals surface area contributed by atoms with Gasteiger partial charge in [0, 0.05) is 39.8 Å². The van der Waals surface area contributed by atoms with Crippen LogP contribution in [0.2, 0.25) is 5.15 Å². The molecule has 23 heavy (non-hydrogen) atoms. The quantitative estimate of drug-likeness (QED) is 0.760. The van der Waals surface area contributed by atoms with Gasteiger partial charge in [0.25, 0.3) is 15.9 Å². The first kappa shape index (κ1) is 16.7. The van der Waals surface area contributed by atoms with Crippen molar-refractivity contribution in [1.82, 2.24) is 18.8 Å². The highest BCUT2D eigenvalue weighted by atomic mass is 35.5. The molecule has 3 rings (SSSR count). The Hall–Kier alpha value is -1.16. The number of sulfonamides is 1. The summed E-state index contributed by atoms with van der Waals surface area (Å²) in [5.41, 5.74) is 0. The third-order valence-corrected chi connectivity index (χ3v) is 6.56. The molecule has 1 aromatic rings. The molecule has 1 unspecified atom stereocenters. The highest BCUT2D eigenvalue weighted by Gasteiger charge is 2.35. The second kappa shape index (κ2) is 6.39. The summed E-state index contributed by atoms with van der Waals surface area (Å²) >= 11 is 5.99. The molecular formula is C13H19ClN4O4S. The van der Waals surface area contributed by atoms with E-state index in [0.29, 0.717) is 19.7 Å². The first-order valence-corrected chi connectivity index (χ1v) is 9.30. The van der Waals surface area contributed by atoms with Gasteiger partial charge in [0.2, 0.25) is 5.03 Å². The summed E-state index contributed by atoms with van der Waals surface area (Å²) < 4.78 is 33.3. The molecule has 1 amide bonds. The topological polar surface area (TPSA) is 84.7 Å². The Morgan fingerprint density at radius 1 is 1.35 bits per heavy atom. The van der Waals surface area contributed by atoms with Crippen molar-refractivity contribution < 1.29 is 17.9 Å². The van der Waals surface area contributed by atoms with Gasteiger partial charge in [-0.25, -0.2) is 13.4 Å². The number of ether oxygens (including phenoxy) is 1. The van der Waals surface area contributed by atoms with Gasteiger partial charge < -0.3 is 14.2 Å². The number of piperazine rings is 1. The zero-order chi connectivity index (χ0) is 16.6. The number of nitrogens with zero attached hydrogens (tertiary/aromatic N) is 4. The molecule has 1 aromatic heterocycles. The fourth-order valence-electron chi connectivity index (χ4n) is 2.81. The van der Waals surface area contributed by atoms with Crippen molar-refractivity contribution in [1.29, 1.82) is 0 Å². The van der Waals surface area contributed by atoms with Crippen LogP contribution < -0.4 is 0 Å². The van der Waals surface area contributed by atoms with E-state index in [2.05, 4.69) is 4.98 Å². The molecule has 0 spiro atoms. The summed E-state index contributed by atoms with van der Waals surface area (Å²) in [6, 6.07) is 0. The summed E-state index contributed by atoms with van der Waals surface area (Å²) in [4.78, 5) is 17.8. The molecule has 0 aromatic carbocycles. The van der Waals surface area contributed by atoms with Crippen LogP contribution in [0.4, 0.5) is 0 Å². The second-order valence-electron chi connectivity index (χ2n) is 5.68. The van der Waals surface area contributed by atoms with E-state index in [1.807, 2.05) is 0 Å². The van der Waals surface area contributed by atoms with E-state index in [1.165, 1.54) is 15.2 Å². The van der Waals surface area contributed by atoms with Crippen molar-refractivity contribution in [3.05, 3.63) is 11.5 Å². The van der Waals surface area contributed by atoms with Crippen LogP contribution in [0.25, 0.3) is 0 Å². The van der Waals surface area contributed by atoms with Crippen LogP contribution >= 0.6 is 11.6 Å². The van der Waals surface area contributed by atoms with Crippen molar-refractivity contribution in [2.75, 3.05) is 32.8 Å². The van der Waals surface area contributed by atoms with Crippen LogP contribution in [0.5, 0.6) is 0 Å². The molecule has 2 aliphatic rings. The minimum absolute atomic E-state index is 0.0459. The van der Waals surface area contributed by atoms with E-state index in [0.717, 1.165) is 12.8 Å². The number of aromatic nitrogens is 2. The first-order valence-electron chi connectivity index (χ1n) is 7.48. The van der Waals surface area contributed by atoms with E-state index in [9.17, 15) is 13.2 Å². The van der Waals surface area contributed by atoms with E-state index in [-0.39, 0.29) is 35.3 Å². The minimum Gasteiger partial charge on any atom is -0.368 e. The average molecular weight is 363 g/mol. The van der Waals surface area contributed by atoms with Crippen molar-refractivity contribution in [2.24, 2.45) is 7.05 Å². The Morgan fingerprint density at radius 3 is 2.57 bits per heavy atom. The van der Waals surface area contributed by atoms with E-state index in [4.69, 9.17) is 16.3 Å². The third-order valence-electron chi connectivity index (χ3n) is 4.17. The lowest BCUT2D eigenvalue weighted by Crippen LogP contribution is -2.52. The van der Waals surface area contributed by atoms with Gasteiger partial charge in [0.05, 0.1) is 6.33 Å². The van der Waals surface area contributed by atoms with E-state index < -0.39 is 10.0 Å². The lowest BCUT2D eigenvalue weighted by molar-refractivity contribution is -0.142. The predicted octanol–water partition coefficient (Wildman–Crippen LogP) is 0.0854. The Bertz CT molecular complexity index is 691. The smallest absolute Gasteiger partial charge is 0.263 e. The highest BCUT2D eigenvalue weighted by molar-refractivity contribution is 7.89. The summed E-state index contributed by atoms with van der Waals surface area (Å²) in [7, 11) is -2.11. The predicted molar refractivity (Wildman–Crippen MR) is 82.5 cm³/mol. The molecule has 1 atom stereocenters. The lowest BCUT2D eigenvalue weighted by atomic mass is 10.2. The van der Waals surface area contributed by atoms with Crippen LogP contribution in [-0.4, -0.2) is 72.0 Å². The molecule has 2 fully saturated rings. The SMILES string of the molecule is Cn1cnc(S(=O)(=O)N2CCN(C(=O)C3CCCO3)CC2)c1Cl. The summed E-state index contributed by atoms with van der Waals surface area (Å²) in [6.45, 7) is 1.77. The standard InChI is InChI=1S/C13H19ClN4O4S/c1-16-9-15-12(11(16)14)23(20,21)18-6-4-17(5-7-18)13(19)10-3-2-8-22-10/h9-10H,2-8H2,1H3. The Morgan fingerprint density at radius 2 is 2.04 bits per heavy atom. The Labute approximate surface area is 140 Å². The van der Waals surface area contributed by atoms with Gasteiger partial charge >= 0.3 is 0 Å². The Balaban J connectivity index is 1.66. The fourth-order valence-corrected chi connectivity index (χ4v) is 4.62. The molecule has 128 valence electrons. The molecular weight excluding hydrogens is 344 g/mol. The number of carbonyl (C=O) groups excluding carboxylic acids is 1. The molecule has 2 aliphatic heterocycles. The molecule has 0 aliphatic carbocycles. The molecule has 0 N–H and O–H groups in total. The summed E-state index contributed by atoms with van der Waals surface area (Å²) in [5.74, 6) is -0.0459. The van der Waals surface area contributed by atoms with Crippen LogP contribution in [0.1, 0.15) is 12.8 Å². The van der Waals surface area contributed by atoms with Crippen molar-refractivity contribution >= 4 is 27.5 Å². The number of amides is 1. The van der Waals surface area contributed by atoms with Gasteiger partial charge in [-0.3, -0.25) is 4.79 Å². The minimum atomic E-state index is -3.74. The molecule has 2 saturated heterocycles. The van der Waals surface area contributed by atoms with Crippen molar-refractivity contribution in [3.63, 3.8) is 0 Å². The molecule has 3 heterocycles. The maximum atomic E-state index is 12.6. The maximum absolute atomic E-state index is 12.6.